The van der Waals surface area contributed by atoms with Crippen LogP contribution in [0.4, 0.5) is 0 Å². The second-order valence-corrected chi connectivity index (χ2v) is 4.36. The number of piperidine rings is 1. The fourth-order valence-electron chi connectivity index (χ4n) is 2.13. The molecule has 0 bridgehead atoms. The lowest BCUT2D eigenvalue weighted by molar-refractivity contribution is -0.134. The summed E-state index contributed by atoms with van der Waals surface area (Å²) in [5.74, 6) is -0.492. The first-order valence-electron chi connectivity index (χ1n) is 5.49. The SMILES string of the molecule is Cc1ccc(C)c(C2CCC(=O)NC2=O)c1. The minimum Gasteiger partial charge on any atom is -0.296 e. The van der Waals surface area contributed by atoms with Crippen molar-refractivity contribution in [3.8, 4) is 0 Å². The normalized spacial score (nSPS) is 20.8. The number of carbonyl (C=O) groups is 2. The van der Waals surface area contributed by atoms with Gasteiger partial charge in [0.1, 0.15) is 0 Å². The molecule has 1 aliphatic rings. The zero-order chi connectivity index (χ0) is 11.7. The third kappa shape index (κ3) is 1.98. The molecule has 3 nitrogen and oxygen atoms in total. The van der Waals surface area contributed by atoms with E-state index in [0.717, 1.165) is 16.7 Å². The fourth-order valence-corrected chi connectivity index (χ4v) is 2.13. The molecule has 1 heterocycles. The number of hydrogen-bond acceptors (Lipinski definition) is 2. The summed E-state index contributed by atoms with van der Waals surface area (Å²) in [4.78, 5) is 22.8. The van der Waals surface area contributed by atoms with Crippen molar-refractivity contribution >= 4 is 11.8 Å². The summed E-state index contributed by atoms with van der Waals surface area (Å²) < 4.78 is 0. The largest absolute Gasteiger partial charge is 0.296 e. The van der Waals surface area contributed by atoms with Crippen molar-refractivity contribution in [2.45, 2.75) is 32.6 Å². The van der Waals surface area contributed by atoms with Gasteiger partial charge in [-0.1, -0.05) is 23.8 Å². The summed E-state index contributed by atoms with van der Waals surface area (Å²) in [6.45, 7) is 4.01. The van der Waals surface area contributed by atoms with E-state index in [-0.39, 0.29) is 17.7 Å². The Balaban J connectivity index is 2.33. The van der Waals surface area contributed by atoms with Crippen LogP contribution in [0, 0.1) is 13.8 Å². The molecule has 84 valence electrons. The van der Waals surface area contributed by atoms with Crippen LogP contribution >= 0.6 is 0 Å². The monoisotopic (exact) mass is 217 g/mol. The topological polar surface area (TPSA) is 46.2 Å². The van der Waals surface area contributed by atoms with Crippen LogP contribution in [-0.4, -0.2) is 11.8 Å². The molecule has 1 unspecified atom stereocenters. The van der Waals surface area contributed by atoms with Gasteiger partial charge < -0.3 is 0 Å². The van der Waals surface area contributed by atoms with Crippen LogP contribution in [0.3, 0.4) is 0 Å². The third-order valence-electron chi connectivity index (χ3n) is 3.05. The van der Waals surface area contributed by atoms with E-state index in [2.05, 4.69) is 5.32 Å². The van der Waals surface area contributed by atoms with Gasteiger partial charge in [0.15, 0.2) is 0 Å². The highest BCUT2D eigenvalue weighted by molar-refractivity contribution is 6.01. The Morgan fingerprint density at radius 1 is 1.25 bits per heavy atom. The molecule has 1 fully saturated rings. The first kappa shape index (κ1) is 10.9. The Bertz CT molecular complexity index is 451. The van der Waals surface area contributed by atoms with Crippen molar-refractivity contribution in [2.24, 2.45) is 0 Å². The third-order valence-corrected chi connectivity index (χ3v) is 3.05. The van der Waals surface area contributed by atoms with E-state index in [9.17, 15) is 9.59 Å². The molecule has 0 aromatic heterocycles. The lowest BCUT2D eigenvalue weighted by atomic mass is 9.87. The van der Waals surface area contributed by atoms with Gasteiger partial charge in [-0.2, -0.15) is 0 Å². The van der Waals surface area contributed by atoms with Crippen LogP contribution in [0.25, 0.3) is 0 Å². The van der Waals surface area contributed by atoms with E-state index in [4.69, 9.17) is 0 Å². The van der Waals surface area contributed by atoms with Gasteiger partial charge in [0.05, 0.1) is 5.92 Å². The number of hydrogen-bond donors (Lipinski definition) is 1. The molecule has 1 saturated heterocycles. The molecule has 2 rings (SSSR count). The van der Waals surface area contributed by atoms with Gasteiger partial charge in [0.2, 0.25) is 11.8 Å². The first-order chi connectivity index (χ1) is 7.58. The summed E-state index contributed by atoms with van der Waals surface area (Å²) in [5, 5.41) is 2.40. The van der Waals surface area contributed by atoms with Crippen LogP contribution in [0.2, 0.25) is 0 Å². The molecule has 1 atom stereocenters. The lowest BCUT2D eigenvalue weighted by Crippen LogP contribution is -2.39. The van der Waals surface area contributed by atoms with Gasteiger partial charge in [-0.25, -0.2) is 0 Å². The second kappa shape index (κ2) is 4.08. The fraction of sp³-hybridized carbons (Fsp3) is 0.385. The van der Waals surface area contributed by atoms with E-state index in [1.165, 1.54) is 0 Å². The maximum atomic E-state index is 11.7. The maximum absolute atomic E-state index is 11.7. The summed E-state index contributed by atoms with van der Waals surface area (Å²) in [5.41, 5.74) is 3.30. The zero-order valence-corrected chi connectivity index (χ0v) is 9.54. The number of nitrogens with one attached hydrogen (secondary N) is 1. The predicted molar refractivity (Wildman–Crippen MR) is 61.0 cm³/mol. The molecule has 0 spiro atoms. The van der Waals surface area contributed by atoms with Crippen molar-refractivity contribution in [3.63, 3.8) is 0 Å². The Morgan fingerprint density at radius 3 is 2.69 bits per heavy atom. The van der Waals surface area contributed by atoms with Crippen LogP contribution in [-0.2, 0) is 9.59 Å². The van der Waals surface area contributed by atoms with Gasteiger partial charge in [-0.3, -0.25) is 14.9 Å². The Labute approximate surface area is 94.9 Å². The van der Waals surface area contributed by atoms with Crippen LogP contribution in [0.5, 0.6) is 0 Å². The molecule has 1 N–H and O–H groups in total. The number of imide groups is 1. The second-order valence-electron chi connectivity index (χ2n) is 4.36. The minimum absolute atomic E-state index is 0.161. The Kier molecular flexibility index (Phi) is 2.77. The van der Waals surface area contributed by atoms with Gasteiger partial charge in [-0.15, -0.1) is 0 Å². The smallest absolute Gasteiger partial charge is 0.234 e. The average Bonchev–Trinajstić information content (AvgIpc) is 2.22. The first-order valence-corrected chi connectivity index (χ1v) is 5.49. The number of carbonyl (C=O) groups excluding carboxylic acids is 2. The summed E-state index contributed by atoms with van der Waals surface area (Å²) >= 11 is 0. The van der Waals surface area contributed by atoms with Crippen LogP contribution in [0.15, 0.2) is 18.2 Å². The highest BCUT2D eigenvalue weighted by Gasteiger charge is 2.28. The molecule has 3 heteroatoms. The van der Waals surface area contributed by atoms with Crippen LogP contribution < -0.4 is 5.32 Å². The highest BCUT2D eigenvalue weighted by atomic mass is 16.2. The minimum atomic E-state index is -0.169. The molecular weight excluding hydrogens is 202 g/mol. The molecular formula is C13H15NO2. The quantitative estimate of drug-likeness (QED) is 0.729. The predicted octanol–water partition coefficient (Wildman–Crippen LogP) is 1.82. The summed E-state index contributed by atoms with van der Waals surface area (Å²) in [7, 11) is 0. The van der Waals surface area contributed by atoms with Crippen molar-refractivity contribution in [2.75, 3.05) is 0 Å². The molecule has 1 aromatic rings. The number of benzene rings is 1. The van der Waals surface area contributed by atoms with Gasteiger partial charge in [-0.05, 0) is 31.4 Å². The molecule has 0 saturated carbocycles. The van der Waals surface area contributed by atoms with Gasteiger partial charge in [0.25, 0.3) is 0 Å². The number of rotatable bonds is 1. The average molecular weight is 217 g/mol. The molecule has 1 aliphatic heterocycles. The molecule has 16 heavy (non-hydrogen) atoms. The number of aryl methyl sites for hydroxylation is 2. The summed E-state index contributed by atoms with van der Waals surface area (Å²) in [6.07, 6.45) is 1.05. The zero-order valence-electron chi connectivity index (χ0n) is 9.54. The van der Waals surface area contributed by atoms with E-state index >= 15 is 0 Å². The van der Waals surface area contributed by atoms with Gasteiger partial charge >= 0.3 is 0 Å². The van der Waals surface area contributed by atoms with Crippen LogP contribution in [0.1, 0.15) is 35.4 Å². The van der Waals surface area contributed by atoms with Crippen molar-refractivity contribution in [3.05, 3.63) is 34.9 Å². The summed E-state index contributed by atoms with van der Waals surface area (Å²) in [6, 6.07) is 6.09. The standard InChI is InChI=1S/C13H15NO2/c1-8-3-4-9(2)11(7-8)10-5-6-12(15)14-13(10)16/h3-4,7,10H,5-6H2,1-2H3,(H,14,15,16). The highest BCUT2D eigenvalue weighted by Crippen LogP contribution is 2.27. The lowest BCUT2D eigenvalue weighted by Gasteiger charge is -2.22. The van der Waals surface area contributed by atoms with E-state index < -0.39 is 0 Å². The molecule has 0 aliphatic carbocycles. The molecule has 2 amide bonds. The van der Waals surface area contributed by atoms with E-state index in [1.807, 2.05) is 32.0 Å². The van der Waals surface area contributed by atoms with E-state index in [1.54, 1.807) is 0 Å². The van der Waals surface area contributed by atoms with Gasteiger partial charge in [0, 0.05) is 6.42 Å². The maximum Gasteiger partial charge on any atom is 0.234 e. The van der Waals surface area contributed by atoms with Crippen molar-refractivity contribution in [1.82, 2.24) is 5.32 Å². The Hall–Kier alpha value is -1.64. The van der Waals surface area contributed by atoms with E-state index in [0.29, 0.717) is 12.8 Å². The van der Waals surface area contributed by atoms with Crippen molar-refractivity contribution in [1.29, 1.82) is 0 Å². The number of amides is 2. The van der Waals surface area contributed by atoms with Crippen molar-refractivity contribution < 1.29 is 9.59 Å². The molecule has 0 radical (unpaired) electrons. The Morgan fingerprint density at radius 2 is 2.00 bits per heavy atom. The molecule has 1 aromatic carbocycles.